The van der Waals surface area contributed by atoms with Gasteiger partial charge in [0.25, 0.3) is 0 Å². The summed E-state index contributed by atoms with van der Waals surface area (Å²) in [6.45, 7) is 9.58. The van der Waals surface area contributed by atoms with Gasteiger partial charge in [0.2, 0.25) is 0 Å². The van der Waals surface area contributed by atoms with Crippen LogP contribution in [0.4, 0.5) is 0 Å². The van der Waals surface area contributed by atoms with E-state index in [1.807, 2.05) is 0 Å². The molecular formula is C7H16BY-. The van der Waals surface area contributed by atoms with Crippen LogP contribution in [0.5, 0.6) is 0 Å². The van der Waals surface area contributed by atoms with E-state index in [4.69, 9.17) is 6.58 Å². The van der Waals surface area contributed by atoms with Gasteiger partial charge in [0.15, 0.2) is 0 Å². The third-order valence-electron chi connectivity index (χ3n) is 0.136. The Bertz CT molecular complexity index is 29.9. The van der Waals surface area contributed by atoms with Crippen LogP contribution in [-0.4, -0.2) is 7.85 Å². The zero-order valence-corrected chi connectivity index (χ0v) is 7.43. The van der Waals surface area contributed by atoms with Crippen LogP contribution in [0.1, 0.15) is 14.9 Å². The van der Waals surface area contributed by atoms with Crippen molar-refractivity contribution in [3.63, 3.8) is 0 Å². The zero-order valence-electron chi connectivity index (χ0n) is 4.59. The molecule has 51 valence electrons. The molecule has 0 aromatic heterocycles. The first-order valence-corrected chi connectivity index (χ1v) is 1.65. The molecule has 0 nitrogen and oxygen atoms in total. The minimum Gasteiger partial charge on any atom is -0.293 e. The Morgan fingerprint density at radius 3 is 1.44 bits per heavy atom. The van der Waals surface area contributed by atoms with Crippen LogP contribution < -0.4 is 0 Å². The maximum Gasteiger partial charge on any atom is 0.0606 e. The smallest absolute Gasteiger partial charge is 0.0606 e. The zero-order chi connectivity index (χ0) is 5.41. The van der Waals surface area contributed by atoms with Gasteiger partial charge in [-0.15, -0.1) is 0 Å². The molecule has 0 aromatic rings. The molecule has 0 saturated carbocycles. The van der Waals surface area contributed by atoms with Crippen molar-refractivity contribution in [3.05, 3.63) is 25.3 Å². The molecule has 0 spiro atoms. The normalized spacial score (nSPS) is 2.78. The number of rotatable bonds is 1. The fourth-order valence-electron chi connectivity index (χ4n) is 0. The predicted octanol–water partition coefficient (Wildman–Crippen LogP) is 2.63. The minimum absolute atomic E-state index is 0. The molecule has 0 aliphatic carbocycles. The molecule has 3 radical (unpaired) electrons. The number of allylic oxidation sites excluding steroid dienone is 2. The summed E-state index contributed by atoms with van der Waals surface area (Å²) in [5, 5.41) is 0. The van der Waals surface area contributed by atoms with Crippen molar-refractivity contribution >= 4 is 7.85 Å². The summed E-state index contributed by atoms with van der Waals surface area (Å²) in [6.07, 6.45) is 2.92. The van der Waals surface area contributed by atoms with E-state index < -0.39 is 0 Å². The minimum atomic E-state index is 0. The molecule has 0 N–H and O–H groups in total. The van der Waals surface area contributed by atoms with Gasteiger partial charge in [-0.05, 0) is 0 Å². The SMILES string of the molecule is C.C.[B]C.[CH-]=CC=C.[Y]. The second-order valence-corrected chi connectivity index (χ2v) is 0.428. The van der Waals surface area contributed by atoms with Crippen molar-refractivity contribution < 1.29 is 32.7 Å². The van der Waals surface area contributed by atoms with Crippen LogP contribution in [0.15, 0.2) is 18.7 Å². The molecule has 0 amide bonds. The third kappa shape index (κ3) is 141. The van der Waals surface area contributed by atoms with Crippen molar-refractivity contribution in [2.24, 2.45) is 0 Å². The molecule has 9 heavy (non-hydrogen) atoms. The molecule has 0 aliphatic heterocycles. The second-order valence-electron chi connectivity index (χ2n) is 0.428. The topological polar surface area (TPSA) is 0 Å². The van der Waals surface area contributed by atoms with E-state index in [0.717, 1.165) is 0 Å². The van der Waals surface area contributed by atoms with E-state index in [2.05, 4.69) is 14.4 Å². The molecule has 0 rings (SSSR count). The fourth-order valence-corrected chi connectivity index (χ4v) is 0. The Labute approximate surface area is 87.1 Å². The molecule has 0 unspecified atom stereocenters. The summed E-state index contributed by atoms with van der Waals surface area (Å²) in [6, 6.07) is 0. The van der Waals surface area contributed by atoms with E-state index in [9.17, 15) is 0 Å². The van der Waals surface area contributed by atoms with Gasteiger partial charge in [0.05, 0.1) is 7.85 Å². The number of hydrogen-bond acceptors (Lipinski definition) is 0. The second kappa shape index (κ2) is 72.1. The average molecular weight is 200 g/mol. The molecule has 0 aliphatic rings. The van der Waals surface area contributed by atoms with Crippen molar-refractivity contribution in [2.75, 3.05) is 0 Å². The first-order chi connectivity index (χ1) is 2.91. The summed E-state index contributed by atoms with van der Waals surface area (Å²) in [4.78, 5) is 0. The van der Waals surface area contributed by atoms with Crippen LogP contribution in [0.2, 0.25) is 6.82 Å². The molecule has 0 bridgehead atoms. The first-order valence-electron chi connectivity index (χ1n) is 1.65. The first kappa shape index (κ1) is 33.4. The van der Waals surface area contributed by atoms with E-state index in [0.29, 0.717) is 0 Å². The summed E-state index contributed by atoms with van der Waals surface area (Å²) >= 11 is 0. The standard InChI is InChI=1S/C4H5.CH3B.2CH4.Y/c1-3-4-2;1-2;;;/h1,3-4H,2H2;1H3;2*1H4;/q-1;;;;. The molecule has 0 aromatic carbocycles. The third-order valence-corrected chi connectivity index (χ3v) is 0.136. The Morgan fingerprint density at radius 2 is 1.44 bits per heavy atom. The van der Waals surface area contributed by atoms with E-state index >= 15 is 0 Å². The van der Waals surface area contributed by atoms with E-state index in [-0.39, 0.29) is 47.6 Å². The monoisotopic (exact) mass is 200 g/mol. The summed E-state index contributed by atoms with van der Waals surface area (Å²) in [5.74, 6) is 0. The summed E-state index contributed by atoms with van der Waals surface area (Å²) < 4.78 is 0. The van der Waals surface area contributed by atoms with Gasteiger partial charge < -0.3 is 0 Å². The van der Waals surface area contributed by atoms with Gasteiger partial charge in [0, 0.05) is 32.7 Å². The molecule has 0 saturated heterocycles. The van der Waals surface area contributed by atoms with E-state index in [1.165, 1.54) is 19.0 Å². The van der Waals surface area contributed by atoms with Crippen LogP contribution in [0.25, 0.3) is 0 Å². The molecule has 2 heteroatoms. The van der Waals surface area contributed by atoms with Crippen LogP contribution >= 0.6 is 0 Å². The van der Waals surface area contributed by atoms with Gasteiger partial charge in [-0.25, -0.2) is 12.2 Å². The van der Waals surface area contributed by atoms with Gasteiger partial charge in [-0.3, -0.25) is 6.58 Å². The molecule has 0 heterocycles. The fraction of sp³-hybridized carbons (Fsp3) is 0.429. The largest absolute Gasteiger partial charge is 0.293 e. The van der Waals surface area contributed by atoms with Gasteiger partial charge >= 0.3 is 0 Å². The van der Waals surface area contributed by atoms with Gasteiger partial charge in [0.1, 0.15) is 0 Å². The van der Waals surface area contributed by atoms with Gasteiger partial charge in [-0.1, -0.05) is 21.7 Å². The summed E-state index contributed by atoms with van der Waals surface area (Å²) in [7, 11) is 4.50. The summed E-state index contributed by atoms with van der Waals surface area (Å²) in [5.41, 5.74) is 0. The van der Waals surface area contributed by atoms with Crippen molar-refractivity contribution in [1.82, 2.24) is 0 Å². The molecular weight excluding hydrogens is 184 g/mol. The van der Waals surface area contributed by atoms with Crippen LogP contribution in [-0.2, 0) is 32.7 Å². The molecule has 0 atom stereocenters. The Hall–Kier alpha value is 0.649. The maximum absolute atomic E-state index is 4.78. The average Bonchev–Trinajstić information content (AvgIpc) is 1.72. The van der Waals surface area contributed by atoms with Crippen molar-refractivity contribution in [3.8, 4) is 0 Å². The van der Waals surface area contributed by atoms with E-state index in [1.54, 1.807) is 0 Å². The predicted molar refractivity (Wildman–Crippen MR) is 44.1 cm³/mol. The van der Waals surface area contributed by atoms with Crippen molar-refractivity contribution in [2.45, 2.75) is 21.7 Å². The quantitative estimate of drug-likeness (QED) is 0.346. The van der Waals surface area contributed by atoms with Gasteiger partial charge in [-0.2, -0.15) is 6.58 Å². The Kier molecular flexibility index (Phi) is 268. The number of hydrogen-bond donors (Lipinski definition) is 0. The van der Waals surface area contributed by atoms with Crippen LogP contribution in [0, 0.1) is 6.58 Å². The van der Waals surface area contributed by atoms with Crippen LogP contribution in [0.3, 0.4) is 0 Å². The molecule has 0 fully saturated rings. The Balaban J connectivity index is -0.00000000990. The van der Waals surface area contributed by atoms with Crippen molar-refractivity contribution in [1.29, 1.82) is 0 Å². The Morgan fingerprint density at radius 1 is 1.33 bits per heavy atom. The maximum atomic E-state index is 4.78.